The van der Waals surface area contributed by atoms with E-state index in [0.717, 1.165) is 12.1 Å². The molecule has 0 aliphatic rings. The van der Waals surface area contributed by atoms with Crippen LogP contribution in [0.4, 0.5) is 11.4 Å². The molecule has 1 aromatic rings. The maximum Gasteiger partial charge on any atom is 0.338 e. The van der Waals surface area contributed by atoms with E-state index in [-0.39, 0.29) is 0 Å². The van der Waals surface area contributed by atoms with Crippen molar-refractivity contribution in [3.8, 4) is 6.07 Å². The number of aromatic carboxylic acids is 1. The Morgan fingerprint density at radius 1 is 1.60 bits per heavy atom. The van der Waals surface area contributed by atoms with Gasteiger partial charge in [-0.1, -0.05) is 6.07 Å². The largest absolute Gasteiger partial charge is 0.478 e. The average Bonchev–Trinajstić information content (AvgIpc) is 2.38. The fraction of sp³-hybridized carbons (Fsp3) is 0. The van der Waals surface area contributed by atoms with E-state index in [1.54, 1.807) is 0 Å². The normalized spacial score (nSPS) is 10.4. The molecule has 0 atom stereocenters. The summed E-state index contributed by atoms with van der Waals surface area (Å²) >= 11 is 0. The number of nitrogens with one attached hydrogen (secondary N) is 2. The lowest BCUT2D eigenvalue weighted by molar-refractivity contribution is -0.384. The Hall–Kier alpha value is -3.48. The van der Waals surface area contributed by atoms with E-state index in [1.165, 1.54) is 12.1 Å². The number of hydrazone groups is 1. The van der Waals surface area contributed by atoms with Crippen molar-refractivity contribution in [1.29, 1.82) is 10.7 Å². The molecule has 0 saturated carbocycles. The van der Waals surface area contributed by atoms with Crippen LogP contribution in [0.25, 0.3) is 0 Å². The SMILES string of the molecule is N#C/C(=N\Nc1c(C(=O)O)cccc1[N+](=O)[O-])C(=N)N. The second-order valence-electron chi connectivity index (χ2n) is 3.36. The van der Waals surface area contributed by atoms with Gasteiger partial charge >= 0.3 is 5.97 Å². The van der Waals surface area contributed by atoms with E-state index >= 15 is 0 Å². The molecular formula is C10H8N6O4. The molecule has 5 N–H and O–H groups in total. The highest BCUT2D eigenvalue weighted by Gasteiger charge is 2.21. The van der Waals surface area contributed by atoms with E-state index in [9.17, 15) is 14.9 Å². The monoisotopic (exact) mass is 276 g/mol. The van der Waals surface area contributed by atoms with Crippen LogP contribution >= 0.6 is 0 Å². The molecule has 0 saturated heterocycles. The Labute approximate surface area is 111 Å². The van der Waals surface area contributed by atoms with Crippen LogP contribution in [0.3, 0.4) is 0 Å². The number of carboxylic acids is 1. The summed E-state index contributed by atoms with van der Waals surface area (Å²) in [4.78, 5) is 21.0. The molecule has 0 radical (unpaired) electrons. The second-order valence-corrected chi connectivity index (χ2v) is 3.36. The Bertz CT molecular complexity index is 628. The third-order valence-electron chi connectivity index (χ3n) is 2.11. The molecule has 0 aliphatic carbocycles. The fourth-order valence-corrected chi connectivity index (χ4v) is 1.25. The van der Waals surface area contributed by atoms with Crippen LogP contribution in [0.2, 0.25) is 0 Å². The summed E-state index contributed by atoms with van der Waals surface area (Å²) in [6.07, 6.45) is 0. The summed E-state index contributed by atoms with van der Waals surface area (Å²) in [5.74, 6) is -2.07. The van der Waals surface area contributed by atoms with Gasteiger partial charge in [0.1, 0.15) is 11.8 Å². The molecule has 0 fully saturated rings. The molecule has 0 aromatic heterocycles. The Morgan fingerprint density at radius 3 is 2.70 bits per heavy atom. The van der Waals surface area contributed by atoms with Gasteiger partial charge in [0.25, 0.3) is 5.69 Å². The van der Waals surface area contributed by atoms with Gasteiger partial charge in [-0.2, -0.15) is 10.4 Å². The van der Waals surface area contributed by atoms with E-state index in [0.29, 0.717) is 0 Å². The van der Waals surface area contributed by atoms with E-state index in [4.69, 9.17) is 21.5 Å². The molecule has 20 heavy (non-hydrogen) atoms. The molecule has 1 rings (SSSR count). The molecule has 0 bridgehead atoms. The number of anilines is 1. The van der Waals surface area contributed by atoms with Gasteiger partial charge in [0.2, 0.25) is 5.71 Å². The van der Waals surface area contributed by atoms with Crippen molar-refractivity contribution >= 4 is 28.9 Å². The summed E-state index contributed by atoms with van der Waals surface area (Å²) in [6, 6.07) is 4.90. The first-order valence-electron chi connectivity index (χ1n) is 4.97. The van der Waals surface area contributed by atoms with Gasteiger partial charge in [0.05, 0.1) is 10.5 Å². The predicted octanol–water partition coefficient (Wildman–Crippen LogP) is 0.520. The number of hydrogen-bond acceptors (Lipinski definition) is 7. The van der Waals surface area contributed by atoms with Gasteiger partial charge in [0.15, 0.2) is 5.84 Å². The number of nitro groups is 1. The number of hydrogen-bond donors (Lipinski definition) is 4. The third kappa shape index (κ3) is 3.05. The molecule has 0 heterocycles. The number of carboxylic acid groups (broad SMARTS) is 1. The number of amidine groups is 1. The van der Waals surface area contributed by atoms with Crippen LogP contribution in [0.1, 0.15) is 10.4 Å². The van der Waals surface area contributed by atoms with E-state index < -0.39 is 39.4 Å². The lowest BCUT2D eigenvalue weighted by Crippen LogP contribution is -2.22. The van der Waals surface area contributed by atoms with Crippen LogP contribution in [-0.2, 0) is 0 Å². The van der Waals surface area contributed by atoms with Crippen LogP contribution in [-0.4, -0.2) is 27.5 Å². The second kappa shape index (κ2) is 5.91. The van der Waals surface area contributed by atoms with Gasteiger partial charge in [-0.25, -0.2) is 4.79 Å². The maximum absolute atomic E-state index is 11.0. The van der Waals surface area contributed by atoms with Crippen LogP contribution in [0.5, 0.6) is 0 Å². The number of nitrogens with two attached hydrogens (primary N) is 1. The summed E-state index contributed by atoms with van der Waals surface area (Å²) in [5, 5.41) is 38.9. The minimum absolute atomic E-state index is 0.399. The molecule has 0 spiro atoms. The standard InChI is InChI=1S/C10H8N6O4/c11-4-6(9(12)13)14-15-8-5(10(17)18)2-1-3-7(8)16(19)20/h1-3,15H,(H3,12,13)(H,17,18)/b14-6+. The van der Waals surface area contributed by atoms with Crippen molar-refractivity contribution in [3.05, 3.63) is 33.9 Å². The number of para-hydroxylation sites is 1. The number of nitro benzene ring substituents is 1. The zero-order chi connectivity index (χ0) is 15.3. The first-order chi connectivity index (χ1) is 9.38. The zero-order valence-corrected chi connectivity index (χ0v) is 9.82. The molecule has 0 unspecified atom stereocenters. The summed E-state index contributed by atoms with van der Waals surface area (Å²) in [6.45, 7) is 0. The van der Waals surface area contributed by atoms with Gasteiger partial charge in [-0.05, 0) is 6.07 Å². The summed E-state index contributed by atoms with van der Waals surface area (Å²) in [5.41, 5.74) is 5.28. The highest BCUT2D eigenvalue weighted by atomic mass is 16.6. The first-order valence-corrected chi connectivity index (χ1v) is 4.97. The van der Waals surface area contributed by atoms with Crippen LogP contribution < -0.4 is 11.2 Å². The lowest BCUT2D eigenvalue weighted by atomic mass is 10.1. The molecule has 1 aromatic carbocycles. The van der Waals surface area contributed by atoms with Crippen molar-refractivity contribution in [2.45, 2.75) is 0 Å². The van der Waals surface area contributed by atoms with Crippen molar-refractivity contribution in [2.24, 2.45) is 10.8 Å². The molecule has 0 amide bonds. The average molecular weight is 276 g/mol. The highest BCUT2D eigenvalue weighted by molar-refractivity contribution is 6.45. The van der Waals surface area contributed by atoms with Gasteiger partial charge in [-0.15, -0.1) is 0 Å². The molecule has 102 valence electrons. The maximum atomic E-state index is 11.0. The summed E-state index contributed by atoms with van der Waals surface area (Å²) < 4.78 is 0. The zero-order valence-electron chi connectivity index (χ0n) is 9.82. The minimum atomic E-state index is -1.41. The van der Waals surface area contributed by atoms with E-state index in [1.807, 2.05) is 0 Å². The van der Waals surface area contributed by atoms with Gasteiger partial charge in [0, 0.05) is 6.07 Å². The van der Waals surface area contributed by atoms with Crippen LogP contribution in [0.15, 0.2) is 23.3 Å². The van der Waals surface area contributed by atoms with Crippen molar-refractivity contribution in [1.82, 2.24) is 0 Å². The van der Waals surface area contributed by atoms with E-state index in [2.05, 4.69) is 10.5 Å². The molecule has 10 nitrogen and oxygen atoms in total. The molecule has 0 aliphatic heterocycles. The Morgan fingerprint density at radius 2 is 2.25 bits per heavy atom. The quantitative estimate of drug-likeness (QED) is 0.262. The number of nitriles is 1. The summed E-state index contributed by atoms with van der Waals surface area (Å²) in [7, 11) is 0. The van der Waals surface area contributed by atoms with Crippen LogP contribution in [0, 0.1) is 26.9 Å². The lowest BCUT2D eigenvalue weighted by Gasteiger charge is -2.06. The van der Waals surface area contributed by atoms with Gasteiger partial charge < -0.3 is 10.8 Å². The Balaban J connectivity index is 3.35. The molecular weight excluding hydrogens is 268 g/mol. The predicted molar refractivity (Wildman–Crippen MR) is 68.6 cm³/mol. The minimum Gasteiger partial charge on any atom is -0.478 e. The number of carbonyl (C=O) groups is 1. The van der Waals surface area contributed by atoms with Crippen molar-refractivity contribution in [3.63, 3.8) is 0 Å². The fourth-order valence-electron chi connectivity index (χ4n) is 1.25. The highest BCUT2D eigenvalue weighted by Crippen LogP contribution is 2.28. The smallest absolute Gasteiger partial charge is 0.338 e. The van der Waals surface area contributed by atoms with Crippen molar-refractivity contribution < 1.29 is 14.8 Å². The first kappa shape index (κ1) is 14.6. The number of nitrogens with zero attached hydrogens (tertiary/aromatic N) is 3. The Kier molecular flexibility index (Phi) is 4.31. The topological polar surface area (TPSA) is 178 Å². The molecule has 10 heteroatoms. The van der Waals surface area contributed by atoms with Gasteiger partial charge in [-0.3, -0.25) is 20.9 Å². The number of rotatable bonds is 5. The van der Waals surface area contributed by atoms with Crippen molar-refractivity contribution in [2.75, 3.05) is 5.43 Å². The number of benzene rings is 1. The third-order valence-corrected chi connectivity index (χ3v) is 2.11.